The summed E-state index contributed by atoms with van der Waals surface area (Å²) in [6.45, 7) is 5.49. The van der Waals surface area contributed by atoms with Crippen molar-refractivity contribution in [3.63, 3.8) is 0 Å². The second kappa shape index (κ2) is 5.59. The summed E-state index contributed by atoms with van der Waals surface area (Å²) < 4.78 is 14.0. The Morgan fingerprint density at radius 1 is 1.37 bits per heavy atom. The van der Waals surface area contributed by atoms with Crippen LogP contribution in [0, 0.1) is 11.7 Å². The van der Waals surface area contributed by atoms with Gasteiger partial charge in [0.05, 0.1) is 0 Å². The lowest BCUT2D eigenvalue weighted by Crippen LogP contribution is -2.40. The first-order valence-corrected chi connectivity index (χ1v) is 7.51. The molecule has 104 valence electrons. The molecule has 2 nitrogen and oxygen atoms in total. The van der Waals surface area contributed by atoms with Gasteiger partial charge in [-0.2, -0.15) is 0 Å². The first kappa shape index (κ1) is 13.1. The van der Waals surface area contributed by atoms with Crippen molar-refractivity contribution < 1.29 is 4.39 Å². The van der Waals surface area contributed by atoms with Crippen molar-refractivity contribution in [2.24, 2.45) is 5.92 Å². The average Bonchev–Trinajstić information content (AvgIpc) is 2.85. The number of hydrogen-bond acceptors (Lipinski definition) is 2. The fraction of sp³-hybridized carbons (Fsp3) is 0.625. The van der Waals surface area contributed by atoms with Gasteiger partial charge in [0.15, 0.2) is 0 Å². The lowest BCUT2D eigenvalue weighted by Gasteiger charge is -2.27. The van der Waals surface area contributed by atoms with Crippen LogP contribution in [-0.4, -0.2) is 30.6 Å². The minimum absolute atomic E-state index is 0.0582. The van der Waals surface area contributed by atoms with E-state index in [1.165, 1.54) is 12.8 Å². The van der Waals surface area contributed by atoms with Crippen molar-refractivity contribution in [3.05, 3.63) is 35.6 Å². The highest BCUT2D eigenvalue weighted by Gasteiger charge is 2.37. The second-order valence-electron chi connectivity index (χ2n) is 5.86. The van der Waals surface area contributed by atoms with Crippen LogP contribution in [0.1, 0.15) is 37.8 Å². The first-order valence-electron chi connectivity index (χ1n) is 7.51. The molecule has 1 unspecified atom stereocenters. The predicted octanol–water partition coefficient (Wildman–Crippen LogP) is 2.96. The zero-order valence-electron chi connectivity index (χ0n) is 11.6. The zero-order valence-corrected chi connectivity index (χ0v) is 11.6. The number of nitrogens with one attached hydrogen (secondary N) is 1. The molecule has 2 aliphatic heterocycles. The second-order valence-corrected chi connectivity index (χ2v) is 5.86. The molecule has 0 aromatic heterocycles. The molecule has 0 spiro atoms. The van der Waals surface area contributed by atoms with Crippen molar-refractivity contribution >= 4 is 0 Å². The molecule has 2 aliphatic rings. The van der Waals surface area contributed by atoms with Crippen LogP contribution >= 0.6 is 0 Å². The predicted molar refractivity (Wildman–Crippen MR) is 75.5 cm³/mol. The van der Waals surface area contributed by atoms with Gasteiger partial charge in [-0.3, -0.25) is 4.90 Å². The van der Waals surface area contributed by atoms with E-state index in [0.717, 1.165) is 37.5 Å². The normalized spacial score (nSPS) is 29.2. The molecule has 3 heteroatoms. The van der Waals surface area contributed by atoms with Gasteiger partial charge in [0, 0.05) is 30.7 Å². The molecule has 2 saturated heterocycles. The fourth-order valence-corrected chi connectivity index (χ4v) is 3.75. The highest BCUT2D eigenvalue weighted by atomic mass is 19.1. The van der Waals surface area contributed by atoms with Crippen LogP contribution in [0.2, 0.25) is 0 Å². The van der Waals surface area contributed by atoms with Gasteiger partial charge < -0.3 is 5.32 Å². The summed E-state index contributed by atoms with van der Waals surface area (Å²) in [6, 6.07) is 8.10. The number of fused-ring (bicyclic) bond motifs is 1. The van der Waals surface area contributed by atoms with Crippen LogP contribution < -0.4 is 5.32 Å². The fourth-order valence-electron chi connectivity index (χ4n) is 3.75. The molecule has 19 heavy (non-hydrogen) atoms. The van der Waals surface area contributed by atoms with Crippen LogP contribution in [0.5, 0.6) is 0 Å². The number of piperidine rings is 1. The van der Waals surface area contributed by atoms with E-state index in [-0.39, 0.29) is 11.9 Å². The first-order chi connectivity index (χ1) is 9.29. The van der Waals surface area contributed by atoms with Crippen molar-refractivity contribution in [2.45, 2.75) is 38.3 Å². The van der Waals surface area contributed by atoms with Crippen molar-refractivity contribution in [2.75, 3.05) is 19.6 Å². The van der Waals surface area contributed by atoms with Gasteiger partial charge >= 0.3 is 0 Å². The van der Waals surface area contributed by atoms with Crippen LogP contribution in [-0.2, 0) is 0 Å². The maximum absolute atomic E-state index is 14.0. The molecule has 0 amide bonds. The third kappa shape index (κ3) is 2.54. The van der Waals surface area contributed by atoms with Gasteiger partial charge in [0.2, 0.25) is 0 Å². The number of halogens is 1. The molecule has 0 aliphatic carbocycles. The van der Waals surface area contributed by atoms with Gasteiger partial charge in [0.1, 0.15) is 5.82 Å². The van der Waals surface area contributed by atoms with Crippen LogP contribution in [0.4, 0.5) is 4.39 Å². The number of rotatable bonds is 3. The monoisotopic (exact) mass is 262 g/mol. The van der Waals surface area contributed by atoms with E-state index in [0.29, 0.717) is 6.04 Å². The van der Waals surface area contributed by atoms with Gasteiger partial charge in [-0.05, 0) is 37.8 Å². The topological polar surface area (TPSA) is 15.3 Å². The third-order valence-electron chi connectivity index (χ3n) is 4.72. The van der Waals surface area contributed by atoms with E-state index >= 15 is 0 Å². The lowest BCUT2D eigenvalue weighted by molar-refractivity contribution is 0.224. The average molecular weight is 262 g/mol. The molecular formula is C16H23FN2. The molecule has 1 N–H and O–H groups in total. The Labute approximate surface area is 115 Å². The molecule has 3 atom stereocenters. The Morgan fingerprint density at radius 3 is 2.95 bits per heavy atom. The maximum atomic E-state index is 14.0. The minimum Gasteiger partial charge on any atom is -0.312 e. The van der Waals surface area contributed by atoms with Crippen molar-refractivity contribution in [1.82, 2.24) is 10.2 Å². The van der Waals surface area contributed by atoms with Crippen LogP contribution in [0.3, 0.4) is 0 Å². The summed E-state index contributed by atoms with van der Waals surface area (Å²) in [5, 5.41) is 3.62. The van der Waals surface area contributed by atoms with Crippen molar-refractivity contribution in [3.8, 4) is 0 Å². The standard InChI is InChI=1S/C16H23FN2/c1-2-16(13-7-3-4-8-14(13)17)19-10-12-6-5-9-18-15(12)11-19/h3-4,7-8,12,15-16,18H,2,5-6,9-11H2,1H3/t12-,15+,16?/m0/s1. The molecule has 2 fully saturated rings. The number of likely N-dealkylation sites (tertiary alicyclic amines) is 1. The number of benzene rings is 1. The van der Waals surface area contributed by atoms with E-state index in [1.54, 1.807) is 12.1 Å². The summed E-state index contributed by atoms with van der Waals surface area (Å²) in [4.78, 5) is 2.48. The highest BCUT2D eigenvalue weighted by Crippen LogP contribution is 2.34. The van der Waals surface area contributed by atoms with Crippen LogP contribution in [0.25, 0.3) is 0 Å². The van der Waals surface area contributed by atoms with Crippen molar-refractivity contribution in [1.29, 1.82) is 0 Å². The summed E-state index contributed by atoms with van der Waals surface area (Å²) in [5.74, 6) is 0.701. The van der Waals surface area contributed by atoms with E-state index in [2.05, 4.69) is 17.1 Å². The molecule has 2 heterocycles. The molecule has 1 aromatic rings. The summed E-state index contributed by atoms with van der Waals surface area (Å²) in [7, 11) is 0. The molecular weight excluding hydrogens is 239 g/mol. The summed E-state index contributed by atoms with van der Waals surface area (Å²) in [5.41, 5.74) is 0.864. The Morgan fingerprint density at radius 2 is 2.21 bits per heavy atom. The molecule has 1 aromatic carbocycles. The maximum Gasteiger partial charge on any atom is 0.127 e. The number of hydrogen-bond donors (Lipinski definition) is 1. The highest BCUT2D eigenvalue weighted by molar-refractivity contribution is 5.22. The van der Waals surface area contributed by atoms with E-state index < -0.39 is 0 Å². The lowest BCUT2D eigenvalue weighted by atomic mass is 9.94. The largest absolute Gasteiger partial charge is 0.312 e. The van der Waals surface area contributed by atoms with Crippen LogP contribution in [0.15, 0.2) is 24.3 Å². The number of nitrogens with zero attached hydrogens (tertiary/aromatic N) is 1. The Balaban J connectivity index is 1.78. The Kier molecular flexibility index (Phi) is 3.85. The van der Waals surface area contributed by atoms with E-state index in [1.807, 2.05) is 12.1 Å². The quantitative estimate of drug-likeness (QED) is 0.901. The Hall–Kier alpha value is -0.930. The molecule has 0 radical (unpaired) electrons. The Bertz CT molecular complexity index is 421. The molecule has 0 saturated carbocycles. The molecule has 3 rings (SSSR count). The van der Waals surface area contributed by atoms with Gasteiger partial charge in [0.25, 0.3) is 0 Å². The minimum atomic E-state index is -0.0582. The van der Waals surface area contributed by atoms with E-state index in [9.17, 15) is 4.39 Å². The molecule has 0 bridgehead atoms. The summed E-state index contributed by atoms with van der Waals surface area (Å²) in [6.07, 6.45) is 3.58. The zero-order chi connectivity index (χ0) is 13.2. The summed E-state index contributed by atoms with van der Waals surface area (Å²) >= 11 is 0. The third-order valence-corrected chi connectivity index (χ3v) is 4.72. The van der Waals surface area contributed by atoms with Gasteiger partial charge in [-0.1, -0.05) is 25.1 Å². The van der Waals surface area contributed by atoms with Gasteiger partial charge in [-0.25, -0.2) is 4.39 Å². The van der Waals surface area contributed by atoms with E-state index in [4.69, 9.17) is 0 Å². The smallest absolute Gasteiger partial charge is 0.127 e. The SMILES string of the molecule is CCC(c1ccccc1F)N1C[C@@H]2CCCN[C@@H]2C1. The van der Waals surface area contributed by atoms with Gasteiger partial charge in [-0.15, -0.1) is 0 Å².